The monoisotopic (exact) mass is 575 g/mol. The normalized spacial score (nSPS) is 14.0. The molecule has 0 saturated carbocycles. The van der Waals surface area contributed by atoms with Crippen LogP contribution in [0.5, 0.6) is 0 Å². The number of anilines is 3. The number of hydrogen-bond acceptors (Lipinski definition) is 7. The van der Waals surface area contributed by atoms with Gasteiger partial charge in [-0.1, -0.05) is 15.9 Å². The lowest BCUT2D eigenvalue weighted by molar-refractivity contribution is -0.129. The van der Waals surface area contributed by atoms with Crippen molar-refractivity contribution in [2.24, 2.45) is 0 Å². The van der Waals surface area contributed by atoms with Crippen LogP contribution in [0.1, 0.15) is 22.8 Å². The molecule has 0 spiro atoms. The van der Waals surface area contributed by atoms with Gasteiger partial charge in [-0.15, -0.1) is 0 Å². The van der Waals surface area contributed by atoms with E-state index in [0.717, 1.165) is 30.6 Å². The lowest BCUT2D eigenvalue weighted by atomic mass is 10.1. The predicted octanol–water partition coefficient (Wildman–Crippen LogP) is 2.83. The highest BCUT2D eigenvalue weighted by Gasteiger charge is 2.22. The van der Waals surface area contributed by atoms with Gasteiger partial charge in [-0.2, -0.15) is 5.10 Å². The van der Waals surface area contributed by atoms with E-state index in [1.807, 2.05) is 17.9 Å². The number of carbonyl (C=O) groups excluding carboxylic acids is 2. The van der Waals surface area contributed by atoms with Gasteiger partial charge in [-0.3, -0.25) is 24.4 Å². The third-order valence-corrected chi connectivity index (χ3v) is 6.80. The minimum atomic E-state index is -3.48. The molecule has 36 heavy (non-hydrogen) atoms. The van der Waals surface area contributed by atoms with Crippen molar-refractivity contribution in [2.75, 3.05) is 47.4 Å². The zero-order chi connectivity index (χ0) is 26.0. The molecule has 2 aromatic heterocycles. The highest BCUT2D eigenvalue weighted by Crippen LogP contribution is 2.28. The number of aromatic amines is 1. The number of benzene rings is 1. The molecule has 1 aromatic carbocycles. The molecule has 0 unspecified atom stereocenters. The minimum Gasteiger partial charge on any atom is -0.367 e. The van der Waals surface area contributed by atoms with Crippen LogP contribution in [0.25, 0.3) is 11.4 Å². The number of rotatable bonds is 6. The molecule has 2 amide bonds. The van der Waals surface area contributed by atoms with Gasteiger partial charge in [0.15, 0.2) is 0 Å². The second kappa shape index (κ2) is 10.3. The second-order valence-electron chi connectivity index (χ2n) is 8.57. The molecule has 0 radical (unpaired) electrons. The fraction of sp³-hybridized carbons (Fsp3) is 0.304. The number of sulfonamides is 1. The summed E-state index contributed by atoms with van der Waals surface area (Å²) in [4.78, 5) is 33.3. The second-order valence-corrected chi connectivity index (χ2v) is 11.2. The smallest absolute Gasteiger partial charge is 0.259 e. The Morgan fingerprint density at radius 3 is 2.39 bits per heavy atom. The molecule has 1 aliphatic heterocycles. The molecule has 1 fully saturated rings. The molecular formula is C23H26BrN7O4S. The number of amides is 2. The molecular weight excluding hydrogens is 550 g/mol. The molecule has 1 saturated heterocycles. The van der Waals surface area contributed by atoms with Crippen LogP contribution in [0, 0.1) is 6.92 Å². The third kappa shape index (κ3) is 6.02. The van der Waals surface area contributed by atoms with Gasteiger partial charge in [0.2, 0.25) is 15.9 Å². The highest BCUT2D eigenvalue weighted by atomic mass is 79.9. The van der Waals surface area contributed by atoms with Crippen LogP contribution in [0.3, 0.4) is 0 Å². The van der Waals surface area contributed by atoms with E-state index in [-0.39, 0.29) is 5.91 Å². The Hall–Kier alpha value is -3.45. The van der Waals surface area contributed by atoms with Crippen molar-refractivity contribution in [3.8, 4) is 11.4 Å². The van der Waals surface area contributed by atoms with E-state index >= 15 is 0 Å². The Labute approximate surface area is 217 Å². The highest BCUT2D eigenvalue weighted by molar-refractivity contribution is 9.10. The summed E-state index contributed by atoms with van der Waals surface area (Å²) in [5.41, 5.74) is 3.89. The molecule has 4 rings (SSSR count). The van der Waals surface area contributed by atoms with Crippen molar-refractivity contribution < 1.29 is 18.0 Å². The molecule has 3 aromatic rings. The van der Waals surface area contributed by atoms with Crippen molar-refractivity contribution in [1.29, 1.82) is 0 Å². The molecule has 0 bridgehead atoms. The Morgan fingerprint density at radius 2 is 1.75 bits per heavy atom. The summed E-state index contributed by atoms with van der Waals surface area (Å²) in [6, 6.07) is 6.78. The number of pyridine rings is 1. The molecule has 0 atom stereocenters. The zero-order valence-electron chi connectivity index (χ0n) is 20.0. The lowest BCUT2D eigenvalue weighted by Gasteiger charge is -2.35. The maximum absolute atomic E-state index is 13.1. The van der Waals surface area contributed by atoms with Gasteiger partial charge in [-0.05, 0) is 36.8 Å². The number of nitrogens with one attached hydrogen (secondary N) is 3. The summed E-state index contributed by atoms with van der Waals surface area (Å²) in [5.74, 6) is -0.345. The minimum absolute atomic E-state index is 0.0788. The van der Waals surface area contributed by atoms with Crippen molar-refractivity contribution in [3.63, 3.8) is 0 Å². The summed E-state index contributed by atoms with van der Waals surface area (Å²) in [5, 5.41) is 9.70. The van der Waals surface area contributed by atoms with Crippen LogP contribution < -0.4 is 14.9 Å². The number of H-pyrrole nitrogens is 1. The lowest BCUT2D eigenvalue weighted by Crippen LogP contribution is -2.48. The van der Waals surface area contributed by atoms with Crippen LogP contribution >= 0.6 is 15.9 Å². The van der Waals surface area contributed by atoms with Crippen molar-refractivity contribution in [1.82, 2.24) is 20.1 Å². The van der Waals surface area contributed by atoms with Gasteiger partial charge in [0.1, 0.15) is 0 Å². The first kappa shape index (κ1) is 25.6. The Bertz CT molecular complexity index is 1420. The number of aryl methyl sites for hydroxylation is 1. The summed E-state index contributed by atoms with van der Waals surface area (Å²) in [6.45, 7) is 6.27. The average molecular weight is 576 g/mol. The molecule has 11 nitrogen and oxygen atoms in total. The standard InChI is InChI=1S/C23H26BrN7O4S/c1-14-8-19(31-6-4-30(5-7-31)15(2)32)12-25-21(14)22-20(13-26-28-22)23(33)27-17-9-16(24)10-18(11-17)29-36(3,34)35/h8-13,29H,4-7H2,1-3H3,(H,26,28)(H,27,33). The first-order chi connectivity index (χ1) is 17.0. The van der Waals surface area contributed by atoms with Crippen LogP contribution in [0.4, 0.5) is 17.1 Å². The molecule has 0 aliphatic carbocycles. The van der Waals surface area contributed by atoms with Gasteiger partial charge >= 0.3 is 0 Å². The molecule has 190 valence electrons. The number of hydrogen-bond donors (Lipinski definition) is 3. The molecule has 1 aliphatic rings. The molecule has 3 N–H and O–H groups in total. The van der Waals surface area contributed by atoms with Gasteiger partial charge < -0.3 is 15.1 Å². The zero-order valence-corrected chi connectivity index (χ0v) is 22.4. The summed E-state index contributed by atoms with van der Waals surface area (Å²) in [7, 11) is -3.48. The van der Waals surface area contributed by atoms with E-state index in [1.165, 1.54) is 12.3 Å². The summed E-state index contributed by atoms with van der Waals surface area (Å²) < 4.78 is 26.1. The number of aromatic nitrogens is 3. The topological polar surface area (TPSA) is 140 Å². The van der Waals surface area contributed by atoms with E-state index in [9.17, 15) is 18.0 Å². The third-order valence-electron chi connectivity index (χ3n) is 5.73. The van der Waals surface area contributed by atoms with Crippen molar-refractivity contribution in [2.45, 2.75) is 13.8 Å². The number of piperazine rings is 1. The Balaban J connectivity index is 1.53. The van der Waals surface area contributed by atoms with Crippen LogP contribution in [0.2, 0.25) is 0 Å². The van der Waals surface area contributed by atoms with Gasteiger partial charge in [0.05, 0.1) is 47.0 Å². The summed E-state index contributed by atoms with van der Waals surface area (Å²) >= 11 is 3.33. The van der Waals surface area contributed by atoms with Gasteiger partial charge in [0.25, 0.3) is 5.91 Å². The van der Waals surface area contributed by atoms with E-state index in [4.69, 9.17) is 0 Å². The Morgan fingerprint density at radius 1 is 1.06 bits per heavy atom. The molecule has 13 heteroatoms. The van der Waals surface area contributed by atoms with E-state index in [1.54, 1.807) is 25.3 Å². The average Bonchev–Trinajstić information content (AvgIpc) is 3.27. The van der Waals surface area contributed by atoms with Crippen LogP contribution in [-0.2, 0) is 14.8 Å². The number of halogens is 1. The van der Waals surface area contributed by atoms with Crippen LogP contribution in [0.15, 0.2) is 41.1 Å². The predicted molar refractivity (Wildman–Crippen MR) is 142 cm³/mol. The number of nitrogens with zero attached hydrogens (tertiary/aromatic N) is 4. The quantitative estimate of drug-likeness (QED) is 0.410. The molecule has 3 heterocycles. The van der Waals surface area contributed by atoms with Crippen molar-refractivity contribution >= 4 is 54.8 Å². The van der Waals surface area contributed by atoms with Crippen LogP contribution in [-0.4, -0.2) is 72.7 Å². The number of carbonyl (C=O) groups is 2. The maximum Gasteiger partial charge on any atom is 0.259 e. The first-order valence-electron chi connectivity index (χ1n) is 11.1. The van der Waals surface area contributed by atoms with E-state index in [0.29, 0.717) is 45.9 Å². The fourth-order valence-corrected chi connectivity index (χ4v) is 5.09. The Kier molecular flexibility index (Phi) is 7.31. The summed E-state index contributed by atoms with van der Waals surface area (Å²) in [6.07, 6.45) is 4.23. The maximum atomic E-state index is 13.1. The largest absolute Gasteiger partial charge is 0.367 e. The van der Waals surface area contributed by atoms with Gasteiger partial charge in [0, 0.05) is 43.3 Å². The fourth-order valence-electron chi connectivity index (χ4n) is 4.05. The first-order valence-corrected chi connectivity index (χ1v) is 13.8. The SMILES string of the molecule is CC(=O)N1CCN(c2cnc(-c3[nH]ncc3C(=O)Nc3cc(Br)cc(NS(C)(=O)=O)c3)c(C)c2)CC1. The van der Waals surface area contributed by atoms with E-state index in [2.05, 4.69) is 46.1 Å². The van der Waals surface area contributed by atoms with Crippen molar-refractivity contribution in [3.05, 3.63) is 52.3 Å². The van der Waals surface area contributed by atoms with Gasteiger partial charge in [-0.25, -0.2) is 8.42 Å². The van der Waals surface area contributed by atoms with E-state index < -0.39 is 15.9 Å².